The van der Waals surface area contributed by atoms with Crippen molar-refractivity contribution in [1.29, 1.82) is 0 Å². The Kier molecular flexibility index (Phi) is 3.74. The molecule has 0 amide bonds. The maximum Gasteiger partial charge on any atom is 0.0692 e. The van der Waals surface area contributed by atoms with E-state index < -0.39 is 0 Å². The zero-order chi connectivity index (χ0) is 9.90. The van der Waals surface area contributed by atoms with Crippen molar-refractivity contribution >= 4 is 0 Å². The molecule has 0 aromatic heterocycles. The molecule has 1 atom stereocenters. The number of rotatable bonds is 3. The van der Waals surface area contributed by atoms with Gasteiger partial charge in [0.15, 0.2) is 0 Å². The van der Waals surface area contributed by atoms with Gasteiger partial charge in [0, 0.05) is 12.1 Å². The zero-order valence-electron chi connectivity index (χ0n) is 9.14. The fourth-order valence-electron chi connectivity index (χ4n) is 1.92. The van der Waals surface area contributed by atoms with Crippen molar-refractivity contribution in [3.05, 3.63) is 0 Å². The van der Waals surface area contributed by atoms with Gasteiger partial charge in [0.1, 0.15) is 0 Å². The highest BCUT2D eigenvalue weighted by atomic mass is 16.3. The number of aliphatic hydroxyl groups is 1. The van der Waals surface area contributed by atoms with Gasteiger partial charge in [-0.05, 0) is 39.5 Å². The second-order valence-electron chi connectivity index (χ2n) is 5.24. The summed E-state index contributed by atoms with van der Waals surface area (Å²) in [5.74, 6) is 0.551. The molecule has 13 heavy (non-hydrogen) atoms. The Morgan fingerprint density at radius 1 is 1.31 bits per heavy atom. The van der Waals surface area contributed by atoms with Crippen LogP contribution in [0, 0.1) is 5.92 Å². The van der Waals surface area contributed by atoms with Crippen molar-refractivity contribution in [3.8, 4) is 0 Å². The van der Waals surface area contributed by atoms with Crippen LogP contribution in [0.25, 0.3) is 0 Å². The predicted molar refractivity (Wildman–Crippen MR) is 55.7 cm³/mol. The quantitative estimate of drug-likeness (QED) is 0.704. The summed E-state index contributed by atoms with van der Waals surface area (Å²) in [6.45, 7) is 7.14. The van der Waals surface area contributed by atoms with Crippen molar-refractivity contribution in [1.82, 2.24) is 5.32 Å². The van der Waals surface area contributed by atoms with Crippen LogP contribution in [0.1, 0.15) is 46.5 Å². The van der Waals surface area contributed by atoms with E-state index in [2.05, 4.69) is 26.1 Å². The molecule has 0 bridgehead atoms. The van der Waals surface area contributed by atoms with Gasteiger partial charge in [-0.2, -0.15) is 0 Å². The molecule has 78 valence electrons. The fraction of sp³-hybridized carbons (Fsp3) is 1.00. The van der Waals surface area contributed by atoms with E-state index in [-0.39, 0.29) is 11.6 Å². The second-order valence-corrected chi connectivity index (χ2v) is 5.24. The Balaban J connectivity index is 2.20. The van der Waals surface area contributed by atoms with Crippen molar-refractivity contribution in [2.45, 2.75) is 58.1 Å². The number of β-amino-alcohol motifs (C(OH)–C–C–N with tert-alkyl or cyclic N) is 1. The summed E-state index contributed by atoms with van der Waals surface area (Å²) in [6.07, 6.45) is 4.90. The molecule has 1 fully saturated rings. The van der Waals surface area contributed by atoms with Gasteiger partial charge >= 0.3 is 0 Å². The van der Waals surface area contributed by atoms with Gasteiger partial charge in [-0.3, -0.25) is 0 Å². The largest absolute Gasteiger partial charge is 0.392 e. The van der Waals surface area contributed by atoms with Crippen molar-refractivity contribution < 1.29 is 5.11 Å². The standard InChI is InChI=1S/C11H23NO/c1-11(2,3)12-8-10(13)9-6-4-5-7-9/h9-10,12-13H,4-8H2,1-3H3. The third-order valence-corrected chi connectivity index (χ3v) is 2.79. The zero-order valence-corrected chi connectivity index (χ0v) is 9.14. The molecule has 1 saturated carbocycles. The van der Waals surface area contributed by atoms with Crippen LogP contribution < -0.4 is 5.32 Å². The van der Waals surface area contributed by atoms with Crippen LogP contribution in [0.4, 0.5) is 0 Å². The monoisotopic (exact) mass is 185 g/mol. The van der Waals surface area contributed by atoms with E-state index in [1.54, 1.807) is 0 Å². The average Bonchev–Trinajstić information content (AvgIpc) is 2.50. The first-order valence-corrected chi connectivity index (χ1v) is 5.42. The summed E-state index contributed by atoms with van der Waals surface area (Å²) in [4.78, 5) is 0. The van der Waals surface area contributed by atoms with Gasteiger partial charge in [0.2, 0.25) is 0 Å². The maximum atomic E-state index is 9.85. The van der Waals surface area contributed by atoms with Gasteiger partial charge < -0.3 is 10.4 Å². The molecule has 0 spiro atoms. The molecule has 2 heteroatoms. The van der Waals surface area contributed by atoms with Crippen LogP contribution in [0.3, 0.4) is 0 Å². The van der Waals surface area contributed by atoms with Gasteiger partial charge in [-0.15, -0.1) is 0 Å². The third-order valence-electron chi connectivity index (χ3n) is 2.79. The van der Waals surface area contributed by atoms with E-state index in [0.717, 1.165) is 6.54 Å². The van der Waals surface area contributed by atoms with Crippen LogP contribution >= 0.6 is 0 Å². The van der Waals surface area contributed by atoms with Crippen LogP contribution in [0.15, 0.2) is 0 Å². The third kappa shape index (κ3) is 4.10. The molecule has 0 heterocycles. The van der Waals surface area contributed by atoms with E-state index in [1.165, 1.54) is 25.7 Å². The number of nitrogens with one attached hydrogen (secondary N) is 1. The molecule has 1 aliphatic carbocycles. The van der Waals surface area contributed by atoms with E-state index >= 15 is 0 Å². The summed E-state index contributed by atoms with van der Waals surface area (Å²) >= 11 is 0. The normalized spacial score (nSPS) is 22.2. The molecule has 1 rings (SSSR count). The fourth-order valence-corrected chi connectivity index (χ4v) is 1.92. The Morgan fingerprint density at radius 2 is 1.85 bits per heavy atom. The topological polar surface area (TPSA) is 32.3 Å². The predicted octanol–water partition coefficient (Wildman–Crippen LogP) is 1.93. The lowest BCUT2D eigenvalue weighted by molar-refractivity contribution is 0.102. The van der Waals surface area contributed by atoms with E-state index in [1.807, 2.05) is 0 Å². The summed E-state index contributed by atoms with van der Waals surface area (Å²) < 4.78 is 0. The molecule has 0 aromatic rings. The highest BCUT2D eigenvalue weighted by molar-refractivity contribution is 4.79. The van der Waals surface area contributed by atoms with Crippen molar-refractivity contribution in [3.63, 3.8) is 0 Å². The highest BCUT2D eigenvalue weighted by Crippen LogP contribution is 2.27. The molecule has 0 aromatic carbocycles. The minimum atomic E-state index is -0.137. The molecular weight excluding hydrogens is 162 g/mol. The SMILES string of the molecule is CC(C)(C)NCC(O)C1CCCC1. The second kappa shape index (κ2) is 4.43. The first kappa shape index (κ1) is 11.0. The summed E-state index contributed by atoms with van der Waals surface area (Å²) in [5, 5.41) is 13.2. The first-order valence-electron chi connectivity index (χ1n) is 5.42. The molecule has 0 saturated heterocycles. The van der Waals surface area contributed by atoms with E-state index in [0.29, 0.717) is 5.92 Å². The number of hydrogen-bond acceptors (Lipinski definition) is 2. The highest BCUT2D eigenvalue weighted by Gasteiger charge is 2.23. The Hall–Kier alpha value is -0.0800. The van der Waals surface area contributed by atoms with Crippen LogP contribution in [-0.2, 0) is 0 Å². The van der Waals surface area contributed by atoms with E-state index in [9.17, 15) is 5.11 Å². The molecule has 0 aliphatic heterocycles. The van der Waals surface area contributed by atoms with Crippen LogP contribution in [-0.4, -0.2) is 23.3 Å². The number of hydrogen-bond donors (Lipinski definition) is 2. The van der Waals surface area contributed by atoms with Crippen LogP contribution in [0.2, 0.25) is 0 Å². The Labute approximate surface area is 81.7 Å². The summed E-state index contributed by atoms with van der Waals surface area (Å²) in [5.41, 5.74) is 0.125. The van der Waals surface area contributed by atoms with Gasteiger partial charge in [0.05, 0.1) is 6.10 Å². The minimum absolute atomic E-state index is 0.125. The molecule has 1 aliphatic rings. The average molecular weight is 185 g/mol. The van der Waals surface area contributed by atoms with Crippen molar-refractivity contribution in [2.24, 2.45) is 5.92 Å². The van der Waals surface area contributed by atoms with Gasteiger partial charge in [0.25, 0.3) is 0 Å². The van der Waals surface area contributed by atoms with Gasteiger partial charge in [-0.1, -0.05) is 12.8 Å². The summed E-state index contributed by atoms with van der Waals surface area (Å²) in [6, 6.07) is 0. The lowest BCUT2D eigenvalue weighted by Crippen LogP contribution is -2.42. The number of aliphatic hydroxyl groups excluding tert-OH is 1. The molecular formula is C11H23NO. The van der Waals surface area contributed by atoms with Crippen molar-refractivity contribution in [2.75, 3.05) is 6.54 Å². The van der Waals surface area contributed by atoms with E-state index in [4.69, 9.17) is 0 Å². The minimum Gasteiger partial charge on any atom is -0.392 e. The molecule has 0 radical (unpaired) electrons. The Morgan fingerprint density at radius 3 is 2.31 bits per heavy atom. The lowest BCUT2D eigenvalue weighted by atomic mass is 10.00. The molecule has 2 N–H and O–H groups in total. The molecule has 1 unspecified atom stereocenters. The summed E-state index contributed by atoms with van der Waals surface area (Å²) in [7, 11) is 0. The van der Waals surface area contributed by atoms with Gasteiger partial charge in [-0.25, -0.2) is 0 Å². The van der Waals surface area contributed by atoms with Crippen LogP contribution in [0.5, 0.6) is 0 Å². The molecule has 2 nitrogen and oxygen atoms in total. The maximum absolute atomic E-state index is 9.85. The smallest absolute Gasteiger partial charge is 0.0692 e. The lowest BCUT2D eigenvalue weighted by Gasteiger charge is -2.25. The Bertz CT molecular complexity index is 145. The first-order chi connectivity index (χ1) is 5.99.